The van der Waals surface area contributed by atoms with E-state index < -0.39 is 0 Å². The van der Waals surface area contributed by atoms with E-state index in [-0.39, 0.29) is 0 Å². The van der Waals surface area contributed by atoms with Crippen LogP contribution in [0.15, 0.2) is 16.6 Å². The number of benzene rings is 1. The number of nitrogens with one attached hydrogen (secondary N) is 1. The number of anilines is 1. The van der Waals surface area contributed by atoms with Crippen LogP contribution in [-0.4, -0.2) is 13.2 Å². The lowest BCUT2D eigenvalue weighted by atomic mass is 9.85. The third kappa shape index (κ3) is 3.91. The molecule has 20 heavy (non-hydrogen) atoms. The Morgan fingerprint density at radius 1 is 1.25 bits per heavy atom. The topological polar surface area (TPSA) is 21.3 Å². The number of hydrogen-bond acceptors (Lipinski definition) is 2. The van der Waals surface area contributed by atoms with Gasteiger partial charge in [-0.1, -0.05) is 36.2 Å². The van der Waals surface area contributed by atoms with E-state index in [0.717, 1.165) is 15.9 Å². The normalized spacial score (nSPS) is 22.1. The second-order valence-corrected chi connectivity index (χ2v) is 7.65. The van der Waals surface area contributed by atoms with Gasteiger partial charge < -0.3 is 10.1 Å². The van der Waals surface area contributed by atoms with Crippen LogP contribution >= 0.6 is 15.9 Å². The molecule has 0 heterocycles. The molecule has 1 N–H and O–H groups in total. The van der Waals surface area contributed by atoms with Gasteiger partial charge in [0.05, 0.1) is 12.8 Å². The molecule has 1 aliphatic rings. The Labute approximate surface area is 131 Å². The zero-order valence-electron chi connectivity index (χ0n) is 13.1. The van der Waals surface area contributed by atoms with Crippen molar-refractivity contribution in [3.63, 3.8) is 0 Å². The van der Waals surface area contributed by atoms with Crippen molar-refractivity contribution in [2.75, 3.05) is 12.4 Å². The Morgan fingerprint density at radius 3 is 2.70 bits per heavy atom. The van der Waals surface area contributed by atoms with Crippen LogP contribution in [0.1, 0.15) is 51.5 Å². The Morgan fingerprint density at radius 2 is 2.00 bits per heavy atom. The van der Waals surface area contributed by atoms with E-state index in [0.29, 0.717) is 11.5 Å². The van der Waals surface area contributed by atoms with Crippen molar-refractivity contribution < 1.29 is 4.74 Å². The van der Waals surface area contributed by atoms with Gasteiger partial charge in [-0.25, -0.2) is 0 Å². The van der Waals surface area contributed by atoms with E-state index in [1.165, 1.54) is 37.7 Å². The molecule has 0 amide bonds. The second-order valence-electron chi connectivity index (χ2n) is 6.74. The van der Waals surface area contributed by atoms with Gasteiger partial charge in [0.15, 0.2) is 0 Å². The Bertz CT molecular complexity index is 470. The highest BCUT2D eigenvalue weighted by molar-refractivity contribution is 9.10. The van der Waals surface area contributed by atoms with Gasteiger partial charge in [0, 0.05) is 10.5 Å². The van der Waals surface area contributed by atoms with Crippen LogP contribution in [0.4, 0.5) is 5.69 Å². The van der Waals surface area contributed by atoms with E-state index in [9.17, 15) is 0 Å². The van der Waals surface area contributed by atoms with Crippen LogP contribution in [0.3, 0.4) is 0 Å². The summed E-state index contributed by atoms with van der Waals surface area (Å²) in [5.74, 6) is 0.931. The van der Waals surface area contributed by atoms with Crippen LogP contribution in [0.25, 0.3) is 0 Å². The maximum absolute atomic E-state index is 5.53. The summed E-state index contributed by atoms with van der Waals surface area (Å²) in [5, 5.41) is 3.73. The molecular weight excluding hydrogens is 314 g/mol. The first-order chi connectivity index (χ1) is 9.41. The van der Waals surface area contributed by atoms with Gasteiger partial charge in [0.2, 0.25) is 0 Å². The van der Waals surface area contributed by atoms with Crippen LogP contribution in [0, 0.1) is 12.3 Å². The molecule has 0 aliphatic heterocycles. The molecule has 0 radical (unpaired) electrons. The molecule has 112 valence electrons. The summed E-state index contributed by atoms with van der Waals surface area (Å²) in [6, 6.07) is 4.74. The van der Waals surface area contributed by atoms with Crippen LogP contribution in [0.2, 0.25) is 0 Å². The molecule has 2 rings (SSSR count). The SMILES string of the molecule is COc1cc(Br)cc(C)c1NC1CCCC(C)(C)CC1. The molecule has 0 bridgehead atoms. The first-order valence-corrected chi connectivity index (χ1v) is 8.31. The maximum atomic E-state index is 5.53. The fourth-order valence-corrected chi connectivity index (χ4v) is 3.62. The molecular formula is C17H26BrNO. The number of methoxy groups -OCH3 is 1. The molecule has 3 heteroatoms. The summed E-state index contributed by atoms with van der Waals surface area (Å²) in [4.78, 5) is 0. The molecule has 2 nitrogen and oxygen atoms in total. The van der Waals surface area contributed by atoms with Gasteiger partial charge in [0.25, 0.3) is 0 Å². The number of aryl methyl sites for hydroxylation is 1. The standard InChI is InChI=1S/C17H26BrNO/c1-12-10-13(18)11-15(20-4)16(12)19-14-6-5-8-17(2,3)9-7-14/h10-11,14,19H,5-9H2,1-4H3. The largest absolute Gasteiger partial charge is 0.495 e. The smallest absolute Gasteiger partial charge is 0.143 e. The second kappa shape index (κ2) is 6.38. The van der Waals surface area contributed by atoms with Gasteiger partial charge in [0.1, 0.15) is 5.75 Å². The van der Waals surface area contributed by atoms with Crippen molar-refractivity contribution in [1.82, 2.24) is 0 Å². The van der Waals surface area contributed by atoms with Gasteiger partial charge in [-0.15, -0.1) is 0 Å². The maximum Gasteiger partial charge on any atom is 0.143 e. The summed E-state index contributed by atoms with van der Waals surface area (Å²) in [5.41, 5.74) is 2.88. The minimum absolute atomic E-state index is 0.495. The summed E-state index contributed by atoms with van der Waals surface area (Å²) in [6.45, 7) is 6.91. The molecule has 0 saturated heterocycles. The predicted octanol–water partition coefficient (Wildman–Crippen LogP) is 5.54. The summed E-state index contributed by atoms with van der Waals surface area (Å²) in [7, 11) is 1.74. The Kier molecular flexibility index (Phi) is 5.00. The molecule has 0 aromatic heterocycles. The van der Waals surface area contributed by atoms with Crippen LogP contribution < -0.4 is 10.1 Å². The lowest BCUT2D eigenvalue weighted by Gasteiger charge is -2.23. The number of rotatable bonds is 3. The first kappa shape index (κ1) is 15.7. The summed E-state index contributed by atoms with van der Waals surface area (Å²) >= 11 is 3.53. The third-order valence-corrected chi connectivity index (χ3v) is 4.87. The zero-order valence-corrected chi connectivity index (χ0v) is 14.6. The van der Waals surface area contributed by atoms with Gasteiger partial charge in [-0.3, -0.25) is 0 Å². The average Bonchev–Trinajstić information content (AvgIpc) is 2.53. The minimum Gasteiger partial charge on any atom is -0.495 e. The Balaban J connectivity index is 2.14. The zero-order chi connectivity index (χ0) is 14.8. The summed E-state index contributed by atoms with van der Waals surface area (Å²) < 4.78 is 6.60. The average molecular weight is 340 g/mol. The quantitative estimate of drug-likeness (QED) is 0.730. The molecule has 1 saturated carbocycles. The molecule has 1 aliphatic carbocycles. The Hall–Kier alpha value is -0.700. The van der Waals surface area contributed by atoms with Gasteiger partial charge in [-0.05, 0) is 55.7 Å². The summed E-state index contributed by atoms with van der Waals surface area (Å²) in [6.07, 6.45) is 6.43. The highest BCUT2D eigenvalue weighted by atomic mass is 79.9. The number of halogens is 1. The minimum atomic E-state index is 0.495. The van der Waals surface area contributed by atoms with Gasteiger partial charge >= 0.3 is 0 Å². The molecule has 1 fully saturated rings. The van der Waals surface area contributed by atoms with E-state index in [1.807, 2.05) is 6.07 Å². The number of hydrogen-bond donors (Lipinski definition) is 1. The highest BCUT2D eigenvalue weighted by Crippen LogP contribution is 2.37. The molecule has 1 aromatic rings. The van der Waals surface area contributed by atoms with Crippen molar-refractivity contribution in [1.29, 1.82) is 0 Å². The molecule has 1 atom stereocenters. The van der Waals surface area contributed by atoms with Crippen molar-refractivity contribution in [2.45, 2.75) is 58.9 Å². The molecule has 0 spiro atoms. The number of ether oxygens (including phenoxy) is 1. The van der Waals surface area contributed by atoms with E-state index in [1.54, 1.807) is 7.11 Å². The van der Waals surface area contributed by atoms with E-state index >= 15 is 0 Å². The van der Waals surface area contributed by atoms with Crippen molar-refractivity contribution in [2.24, 2.45) is 5.41 Å². The third-order valence-electron chi connectivity index (χ3n) is 4.41. The molecule has 1 aromatic carbocycles. The van der Waals surface area contributed by atoms with Crippen molar-refractivity contribution in [3.8, 4) is 5.75 Å². The van der Waals surface area contributed by atoms with E-state index in [4.69, 9.17) is 4.74 Å². The first-order valence-electron chi connectivity index (χ1n) is 7.52. The van der Waals surface area contributed by atoms with Crippen LogP contribution in [0.5, 0.6) is 5.75 Å². The monoisotopic (exact) mass is 339 g/mol. The highest BCUT2D eigenvalue weighted by Gasteiger charge is 2.25. The fraction of sp³-hybridized carbons (Fsp3) is 0.647. The van der Waals surface area contributed by atoms with Crippen molar-refractivity contribution >= 4 is 21.6 Å². The fourth-order valence-electron chi connectivity index (χ4n) is 3.07. The predicted molar refractivity (Wildman–Crippen MR) is 89.7 cm³/mol. The molecule has 1 unspecified atom stereocenters. The lowest BCUT2D eigenvalue weighted by molar-refractivity contribution is 0.313. The van der Waals surface area contributed by atoms with Crippen molar-refractivity contribution in [3.05, 3.63) is 22.2 Å². The lowest BCUT2D eigenvalue weighted by Crippen LogP contribution is -2.20. The van der Waals surface area contributed by atoms with Crippen LogP contribution in [-0.2, 0) is 0 Å². The van der Waals surface area contributed by atoms with E-state index in [2.05, 4.69) is 48.1 Å². The van der Waals surface area contributed by atoms with Gasteiger partial charge in [-0.2, -0.15) is 0 Å².